The molecule has 354 valence electrons. The minimum atomic E-state index is -1.19. The minimum absolute atomic E-state index is 0.0181. The molecule has 0 aliphatic carbocycles. The number of methoxy groups -OCH3 is 1. The second-order valence-corrected chi connectivity index (χ2v) is 16.5. The Morgan fingerprint density at radius 1 is 0.710 bits per heavy atom. The average Bonchev–Trinajstić information content (AvgIpc) is 3.75. The number of hydrogen-bond acceptors (Lipinski definition) is 17. The van der Waals surface area contributed by atoms with Crippen LogP contribution in [-0.4, -0.2) is 193 Å². The summed E-state index contributed by atoms with van der Waals surface area (Å²) in [6, 6.07) is -5.59. The lowest BCUT2D eigenvalue weighted by molar-refractivity contribution is -0.135. The lowest BCUT2D eigenvalue weighted by Gasteiger charge is -2.26. The number of rotatable bonds is 29. The third-order valence-electron chi connectivity index (χ3n) is 8.60. The molecule has 1 aliphatic rings. The fraction of sp³-hybridized carbons (Fsp3) is 0.763. The van der Waals surface area contributed by atoms with Crippen LogP contribution < -0.4 is 32.3 Å². The molecule has 62 heavy (non-hydrogen) atoms. The van der Waals surface area contributed by atoms with Crippen LogP contribution in [0.1, 0.15) is 32.9 Å². The van der Waals surface area contributed by atoms with Crippen molar-refractivity contribution in [3.63, 3.8) is 0 Å². The van der Waals surface area contributed by atoms with E-state index in [9.17, 15) is 28.8 Å². The molecule has 0 spiro atoms. The van der Waals surface area contributed by atoms with E-state index in [1.165, 1.54) is 13.3 Å². The molecule has 1 saturated heterocycles. The van der Waals surface area contributed by atoms with E-state index in [1.807, 2.05) is 0 Å². The Labute approximate surface area is 370 Å². The first-order valence-electron chi connectivity index (χ1n) is 20.5. The number of nitrogens with one attached hydrogen (secondary N) is 6. The first kappa shape index (κ1) is 54.5. The summed E-state index contributed by atoms with van der Waals surface area (Å²) in [7, 11) is 3.92. The predicted octanol–water partition coefficient (Wildman–Crippen LogP) is -1.91. The van der Waals surface area contributed by atoms with Crippen LogP contribution in [0.2, 0.25) is 0 Å². The van der Waals surface area contributed by atoms with Crippen LogP contribution in [0.15, 0.2) is 12.5 Å². The van der Waals surface area contributed by atoms with Gasteiger partial charge in [0.05, 0.1) is 111 Å². The zero-order chi connectivity index (χ0) is 45.4. The SMILES string of the molecule is COCCOCCOCCOCCOCCOCCOCCOCCC(=O)N[C@H]1CSSC[C@@H](C(N)=O)NC(=O)C(C(C)C)NC(=O)C(C)NC(=O)C(Cc2c[nH]cn2)NC1=O. The Morgan fingerprint density at radius 2 is 1.23 bits per heavy atom. The van der Waals surface area contributed by atoms with Crippen molar-refractivity contribution in [1.29, 1.82) is 0 Å². The normalized spacial score (nSPS) is 20.8. The molecule has 6 amide bonds. The Morgan fingerprint density at radius 3 is 1.71 bits per heavy atom. The van der Waals surface area contributed by atoms with Gasteiger partial charge in [-0.2, -0.15) is 0 Å². The Kier molecular flexibility index (Phi) is 29.8. The molecular formula is C38H66N8O14S2. The van der Waals surface area contributed by atoms with Crippen LogP contribution in [-0.2, 0) is 73.1 Å². The van der Waals surface area contributed by atoms with E-state index in [0.717, 1.165) is 21.6 Å². The predicted molar refractivity (Wildman–Crippen MR) is 229 cm³/mol. The number of ether oxygens (including phenoxy) is 8. The molecule has 0 radical (unpaired) electrons. The quantitative estimate of drug-likeness (QED) is 0.0341. The number of carbonyl (C=O) groups excluding carboxylic acids is 6. The van der Waals surface area contributed by atoms with Crippen molar-refractivity contribution in [2.75, 3.05) is 118 Å². The number of carbonyl (C=O) groups is 6. The Balaban J connectivity index is 1.77. The summed E-state index contributed by atoms with van der Waals surface area (Å²) in [5.74, 6) is -4.27. The first-order valence-corrected chi connectivity index (χ1v) is 23.0. The van der Waals surface area contributed by atoms with Gasteiger partial charge in [-0.15, -0.1) is 0 Å². The summed E-state index contributed by atoms with van der Waals surface area (Å²) in [5, 5.41) is 13.2. The van der Waals surface area contributed by atoms with E-state index >= 15 is 0 Å². The highest BCUT2D eigenvalue weighted by atomic mass is 33.1. The molecule has 1 fully saturated rings. The Hall–Kier alpha value is -3.59. The second kappa shape index (κ2) is 33.9. The summed E-state index contributed by atoms with van der Waals surface area (Å²) in [6.07, 6.45) is 2.87. The smallest absolute Gasteiger partial charge is 0.244 e. The zero-order valence-corrected chi connectivity index (χ0v) is 37.7. The molecule has 24 heteroatoms. The standard InChI is InChI=1S/C38H66N8O14S2/c1-26(2)33-38(52)45-30(34(39)48)23-61-62-24-31(37(51)44-29(21-28-22-40-25-41-28)36(50)42-27(3)35(49)46-33)43-32(47)5-6-54-9-10-56-13-14-58-17-18-60-20-19-59-16-15-57-12-11-55-8-7-53-4/h22,25-27,29-31,33H,5-21,23-24H2,1-4H3,(H2,39,48)(H,40,41)(H,42,50)(H,43,47)(H,44,51)(H,45,52)(H,46,49)/t27?,29?,30-,31-,33?/m0/s1. The van der Waals surface area contributed by atoms with Crippen LogP contribution in [0.25, 0.3) is 0 Å². The molecule has 0 bridgehead atoms. The molecular weight excluding hydrogens is 857 g/mol. The molecule has 5 atom stereocenters. The lowest BCUT2D eigenvalue weighted by atomic mass is 10.0. The van der Waals surface area contributed by atoms with Gasteiger partial charge in [-0.25, -0.2) is 4.98 Å². The maximum absolute atomic E-state index is 13.7. The van der Waals surface area contributed by atoms with Gasteiger partial charge in [0.2, 0.25) is 35.4 Å². The number of nitrogens with zero attached hydrogens (tertiary/aromatic N) is 1. The van der Waals surface area contributed by atoms with Crippen LogP contribution in [0, 0.1) is 5.92 Å². The van der Waals surface area contributed by atoms with Crippen LogP contribution >= 0.6 is 21.6 Å². The topological polar surface area (TPSA) is 291 Å². The van der Waals surface area contributed by atoms with Gasteiger partial charge in [-0.1, -0.05) is 35.4 Å². The molecule has 1 aliphatic heterocycles. The molecule has 3 unspecified atom stereocenters. The van der Waals surface area contributed by atoms with Crippen molar-refractivity contribution >= 4 is 57.0 Å². The van der Waals surface area contributed by atoms with Gasteiger partial charge in [0.1, 0.15) is 30.2 Å². The summed E-state index contributed by atoms with van der Waals surface area (Å²) in [5.41, 5.74) is 6.03. The highest BCUT2D eigenvalue weighted by Crippen LogP contribution is 2.23. The van der Waals surface area contributed by atoms with E-state index in [1.54, 1.807) is 27.2 Å². The van der Waals surface area contributed by atoms with Crippen molar-refractivity contribution in [3.8, 4) is 0 Å². The largest absolute Gasteiger partial charge is 0.382 e. The van der Waals surface area contributed by atoms with Crippen LogP contribution in [0.5, 0.6) is 0 Å². The average molecular weight is 923 g/mol. The number of H-pyrrole nitrogens is 1. The molecule has 0 saturated carbocycles. The number of amides is 6. The summed E-state index contributed by atoms with van der Waals surface area (Å²) >= 11 is 0. The van der Waals surface area contributed by atoms with Crippen molar-refractivity contribution in [2.45, 2.75) is 63.8 Å². The number of aromatic nitrogens is 2. The van der Waals surface area contributed by atoms with Gasteiger partial charge < -0.3 is 75.2 Å². The molecule has 1 aromatic heterocycles. The monoisotopic (exact) mass is 922 g/mol. The fourth-order valence-corrected chi connectivity index (χ4v) is 7.49. The Bertz CT molecular complexity index is 1430. The summed E-state index contributed by atoms with van der Waals surface area (Å²) < 4.78 is 43.1. The third-order valence-corrected chi connectivity index (χ3v) is 11.0. The molecule has 0 aromatic carbocycles. The van der Waals surface area contributed by atoms with Gasteiger partial charge in [-0.05, 0) is 12.8 Å². The van der Waals surface area contributed by atoms with Gasteiger partial charge in [0.15, 0.2) is 0 Å². The summed E-state index contributed by atoms with van der Waals surface area (Å²) in [4.78, 5) is 85.8. The molecule has 2 rings (SSSR count). The highest BCUT2D eigenvalue weighted by molar-refractivity contribution is 8.76. The van der Waals surface area contributed by atoms with E-state index in [4.69, 9.17) is 43.6 Å². The van der Waals surface area contributed by atoms with E-state index in [2.05, 4.69) is 36.6 Å². The minimum Gasteiger partial charge on any atom is -0.382 e. The number of primary amides is 1. The third kappa shape index (κ3) is 24.9. The van der Waals surface area contributed by atoms with Crippen molar-refractivity contribution in [1.82, 2.24) is 36.6 Å². The number of imidazole rings is 1. The van der Waals surface area contributed by atoms with E-state index in [-0.39, 0.29) is 50.1 Å². The number of nitrogens with two attached hydrogens (primary N) is 1. The van der Waals surface area contributed by atoms with Crippen molar-refractivity contribution in [2.24, 2.45) is 11.7 Å². The number of aromatic amines is 1. The van der Waals surface area contributed by atoms with E-state index < -0.39 is 65.7 Å². The van der Waals surface area contributed by atoms with E-state index in [0.29, 0.717) is 85.0 Å². The first-order chi connectivity index (χ1) is 29.9. The zero-order valence-electron chi connectivity index (χ0n) is 36.1. The van der Waals surface area contributed by atoms with Gasteiger partial charge in [0.25, 0.3) is 0 Å². The maximum Gasteiger partial charge on any atom is 0.244 e. The fourth-order valence-electron chi connectivity index (χ4n) is 5.15. The van der Waals surface area contributed by atoms with Gasteiger partial charge in [0, 0.05) is 37.7 Å². The van der Waals surface area contributed by atoms with Gasteiger partial charge in [-0.3, -0.25) is 28.8 Å². The number of hydrogen-bond donors (Lipinski definition) is 7. The second-order valence-electron chi connectivity index (χ2n) is 14.0. The van der Waals surface area contributed by atoms with Crippen LogP contribution in [0.3, 0.4) is 0 Å². The van der Waals surface area contributed by atoms with Crippen LogP contribution in [0.4, 0.5) is 0 Å². The maximum atomic E-state index is 13.7. The summed E-state index contributed by atoms with van der Waals surface area (Å²) in [6.45, 7) is 10.9. The molecule has 1 aromatic rings. The van der Waals surface area contributed by atoms with Crippen molar-refractivity contribution in [3.05, 3.63) is 18.2 Å². The molecule has 8 N–H and O–H groups in total. The lowest BCUT2D eigenvalue weighted by Crippen LogP contribution is -2.59. The highest BCUT2D eigenvalue weighted by Gasteiger charge is 2.33. The van der Waals surface area contributed by atoms with Crippen molar-refractivity contribution < 1.29 is 66.7 Å². The molecule has 22 nitrogen and oxygen atoms in total. The van der Waals surface area contributed by atoms with Gasteiger partial charge >= 0.3 is 0 Å². The molecule has 2 heterocycles.